The fraction of sp³-hybridized carbons (Fsp3) is 0.535. The molecule has 0 N–H and O–H groups in total. The fourth-order valence-electron chi connectivity index (χ4n) is 14.2. The maximum absolute atomic E-state index is 13.9. The minimum absolute atomic E-state index is 0.109. The number of aromatic nitrogens is 2. The number of fused-ring (bicyclic) bond motifs is 2. The summed E-state index contributed by atoms with van der Waals surface area (Å²) in [5, 5.41) is 2.38. The van der Waals surface area contributed by atoms with Crippen LogP contribution in [-0.2, 0) is 35.3 Å². The quantitative estimate of drug-likeness (QED) is 0.0162. The number of amides is 2. The van der Waals surface area contributed by atoms with E-state index in [1.165, 1.54) is 264 Å². The number of thiocarbonyl (C=S) groups is 2. The van der Waals surface area contributed by atoms with Crippen molar-refractivity contribution in [3.05, 3.63) is 102 Å². The first kappa shape index (κ1) is 83.2. The fourth-order valence-corrected chi connectivity index (χ4v) is 36.3. The van der Waals surface area contributed by atoms with Gasteiger partial charge in [-0.05, 0) is 0 Å². The van der Waals surface area contributed by atoms with Gasteiger partial charge in [0.05, 0.1) is 0 Å². The number of carbonyl (C=O) groups excluding carboxylic acids is 2. The molecule has 8 aromatic heterocycles. The first-order valence-corrected chi connectivity index (χ1v) is 54.3. The van der Waals surface area contributed by atoms with Crippen molar-refractivity contribution in [2.75, 3.05) is 13.1 Å². The number of thioether (sulfide) groups is 2. The maximum atomic E-state index is 13.9. The van der Waals surface area contributed by atoms with Crippen molar-refractivity contribution >= 4 is 211 Å². The van der Waals surface area contributed by atoms with Crippen LogP contribution in [0, 0.1) is 0 Å². The number of nitrogens with zero attached hydrogens (tertiary/aromatic N) is 4. The standard InChI is InChI=1S/C86H110N4O2S6Se6/c1-7-13-19-25-29-35-41-59-51-63(55-69-83(91)89(85(93)97-69)49-39-33-23-17-11-5)99-77(59)71-45-47-73(101-71)79-61(43-37-31-27-21-15-9-3)53-75(103-79)81-87-65-57-68-66(58-67(65)95-81)88-82(96-68)76-54-62(44-38-32-28-22-16-10-4)80(104-76)74-48-46-72(102-74)78-60(42-36-30-26-20-14-8-2)52-64(100-78)56-70-84(92)90(86(94)98-70)50-40-34-24-18-12-6/h45-48,51-58H,7-44,49-50H2,1-6H3/b69-55-,70-56-. The summed E-state index contributed by atoms with van der Waals surface area (Å²) in [5.41, 5.74) is 8.38. The molecule has 0 unspecified atom stereocenters. The van der Waals surface area contributed by atoms with Crippen LogP contribution in [0.25, 0.3) is 87.0 Å². The van der Waals surface area contributed by atoms with Crippen LogP contribution in [0.5, 0.6) is 0 Å². The number of rotatable bonds is 48. The first-order chi connectivity index (χ1) is 51.0. The summed E-state index contributed by atoms with van der Waals surface area (Å²) in [4.78, 5) is 44.3. The van der Waals surface area contributed by atoms with Crippen LogP contribution in [-0.4, -0.2) is 140 Å². The van der Waals surface area contributed by atoms with Gasteiger partial charge in [-0.15, -0.1) is 0 Å². The summed E-state index contributed by atoms with van der Waals surface area (Å²) in [7, 11) is 0. The van der Waals surface area contributed by atoms with E-state index in [-0.39, 0.29) is 98.8 Å². The normalized spacial score (nSPS) is 14.4. The van der Waals surface area contributed by atoms with Gasteiger partial charge in [0.1, 0.15) is 0 Å². The van der Waals surface area contributed by atoms with Gasteiger partial charge < -0.3 is 0 Å². The Morgan fingerprint density at radius 3 is 0.962 bits per heavy atom. The molecule has 2 fully saturated rings. The topological polar surface area (TPSA) is 66.4 Å². The molecule has 1 aromatic carbocycles. The summed E-state index contributed by atoms with van der Waals surface area (Å²) in [6.07, 6.45) is 51.8. The van der Waals surface area contributed by atoms with Crippen molar-refractivity contribution in [3.63, 3.8) is 0 Å². The molecule has 0 spiro atoms. The first-order valence-electron chi connectivity index (χ1n) is 39.9. The van der Waals surface area contributed by atoms with Gasteiger partial charge in [-0.25, -0.2) is 0 Å². The second kappa shape index (κ2) is 43.9. The van der Waals surface area contributed by atoms with E-state index in [0.717, 1.165) is 93.9 Å². The predicted octanol–water partition coefficient (Wildman–Crippen LogP) is 25.2. The van der Waals surface area contributed by atoms with Gasteiger partial charge in [-0.2, -0.15) is 0 Å². The molecule has 11 rings (SSSR count). The number of hydrogen-bond donors (Lipinski definition) is 0. The monoisotopic (exact) mass is 1900 g/mol. The van der Waals surface area contributed by atoms with E-state index in [4.69, 9.17) is 34.4 Å². The Labute approximate surface area is 687 Å². The number of thiazole rings is 2. The summed E-state index contributed by atoms with van der Waals surface area (Å²) < 4.78 is 22.1. The summed E-state index contributed by atoms with van der Waals surface area (Å²) >= 11 is 19.5. The zero-order chi connectivity index (χ0) is 72.6. The van der Waals surface area contributed by atoms with Crippen LogP contribution in [0.15, 0.2) is 70.5 Å². The zero-order valence-electron chi connectivity index (χ0n) is 62.7. The molecule has 18 heteroatoms. The Bertz CT molecular complexity index is 4000. The summed E-state index contributed by atoms with van der Waals surface area (Å²) in [6, 6.07) is 24.9. The van der Waals surface area contributed by atoms with Crippen molar-refractivity contribution in [3.8, 4) is 54.4 Å². The van der Waals surface area contributed by atoms with Gasteiger partial charge in [0, 0.05) is 0 Å². The average Bonchev–Trinajstić information content (AvgIpc) is 1.62. The van der Waals surface area contributed by atoms with Gasteiger partial charge in [0.2, 0.25) is 0 Å². The number of unbranched alkanes of at least 4 members (excludes halogenated alkanes) is 28. The Kier molecular flexibility index (Phi) is 35.2. The van der Waals surface area contributed by atoms with Crippen molar-refractivity contribution in [1.82, 2.24) is 19.8 Å². The molecule has 2 saturated heterocycles. The van der Waals surface area contributed by atoms with E-state index in [1.807, 2.05) is 32.5 Å². The van der Waals surface area contributed by atoms with E-state index in [1.54, 1.807) is 46.6 Å². The number of hydrogen-bond acceptors (Lipinski definition) is 10. The number of carbonyl (C=O) groups is 2. The van der Waals surface area contributed by atoms with Crippen molar-refractivity contribution in [2.24, 2.45) is 0 Å². The molecule has 6 nitrogen and oxygen atoms in total. The van der Waals surface area contributed by atoms with Crippen LogP contribution < -0.4 is 0 Å². The van der Waals surface area contributed by atoms with E-state index in [9.17, 15) is 9.59 Å². The van der Waals surface area contributed by atoms with E-state index >= 15 is 0 Å². The molecule has 9 aromatic rings. The Hall–Kier alpha value is -1.70. The van der Waals surface area contributed by atoms with Crippen LogP contribution in [0.3, 0.4) is 0 Å². The number of aryl methyl sites for hydroxylation is 4. The summed E-state index contributed by atoms with van der Waals surface area (Å²) in [6.45, 7) is 15.2. The van der Waals surface area contributed by atoms with Gasteiger partial charge in [-0.3, -0.25) is 0 Å². The van der Waals surface area contributed by atoms with Crippen LogP contribution in [0.1, 0.15) is 291 Å². The Morgan fingerprint density at radius 1 is 0.346 bits per heavy atom. The molecule has 10 heterocycles. The minimum atomic E-state index is 0.109. The van der Waals surface area contributed by atoms with Crippen LogP contribution in [0.4, 0.5) is 0 Å². The van der Waals surface area contributed by atoms with Crippen LogP contribution in [0.2, 0.25) is 0 Å². The van der Waals surface area contributed by atoms with Gasteiger partial charge in [0.25, 0.3) is 0 Å². The van der Waals surface area contributed by atoms with Crippen molar-refractivity contribution < 1.29 is 9.59 Å². The molecule has 0 atom stereocenters. The van der Waals surface area contributed by atoms with Crippen LogP contribution >= 0.6 is 70.6 Å². The molecule has 0 bridgehead atoms. The molecule has 558 valence electrons. The third-order valence-corrected chi connectivity index (χ3v) is 42.9. The molecule has 104 heavy (non-hydrogen) atoms. The second-order valence-corrected chi connectivity index (χ2v) is 47.6. The molecule has 0 radical (unpaired) electrons. The third kappa shape index (κ3) is 23.2. The molecule has 2 amide bonds. The number of benzene rings is 1. The zero-order valence-corrected chi connectivity index (χ0v) is 77.9. The van der Waals surface area contributed by atoms with E-state index < -0.39 is 0 Å². The van der Waals surface area contributed by atoms with E-state index in [2.05, 4.69) is 114 Å². The molecular weight excluding hydrogens is 1790 g/mol. The SMILES string of the molecule is CCCCCCCCc1cc(/C=C2\SC(=S)N(CCCCCCC)C2=O)[se]c1-c1ccc(-c2[se]c(-c3nc4cc5sc(-c6cc(CCCCCCCC)c(-c7ccc(-c8[se]c(/C=C9\SC(=S)N(CCCCCCC)C9=O)cc8CCCCCCCC)[se]7)[se]6)nc5cc4s3)cc2CCCCCCCC)[se]1. The molecule has 2 aliphatic rings. The molecular formula is C86H110N4O2S6Se6. The predicted molar refractivity (Wildman–Crippen MR) is 473 cm³/mol. The van der Waals surface area contributed by atoms with Crippen molar-refractivity contribution in [1.29, 1.82) is 0 Å². The van der Waals surface area contributed by atoms with Gasteiger partial charge in [0.15, 0.2) is 0 Å². The third-order valence-electron chi connectivity index (χ3n) is 20.2. The Balaban J connectivity index is 0.854. The van der Waals surface area contributed by atoms with E-state index in [0.29, 0.717) is 0 Å². The average molecular weight is 1900 g/mol. The Morgan fingerprint density at radius 2 is 0.635 bits per heavy atom. The molecule has 0 aliphatic carbocycles. The summed E-state index contributed by atoms with van der Waals surface area (Å²) in [5.74, 6) is 0.219. The second-order valence-electron chi connectivity index (χ2n) is 28.7. The van der Waals surface area contributed by atoms with Gasteiger partial charge in [-0.1, -0.05) is 0 Å². The van der Waals surface area contributed by atoms with Crippen molar-refractivity contribution in [2.45, 2.75) is 286 Å². The van der Waals surface area contributed by atoms with Gasteiger partial charge >= 0.3 is 695 Å². The molecule has 2 aliphatic heterocycles. The molecule has 0 saturated carbocycles.